The lowest BCUT2D eigenvalue weighted by atomic mass is 10.1. The molecule has 86 valence electrons. The molecule has 2 amide bonds. The molecule has 1 aliphatic rings. The first-order chi connectivity index (χ1) is 7.00. The van der Waals surface area contributed by atoms with E-state index in [1.165, 1.54) is 0 Å². The molecule has 15 heavy (non-hydrogen) atoms. The molecule has 0 bridgehead atoms. The Morgan fingerprint density at radius 1 is 1.67 bits per heavy atom. The third-order valence-corrected chi connectivity index (χ3v) is 2.60. The van der Waals surface area contributed by atoms with Gasteiger partial charge < -0.3 is 15.7 Å². The summed E-state index contributed by atoms with van der Waals surface area (Å²) in [4.78, 5) is 22.4. The normalized spacial score (nSPS) is 22.7. The first-order valence-electron chi connectivity index (χ1n) is 5.23. The molecule has 0 spiro atoms. The Morgan fingerprint density at radius 3 is 2.80 bits per heavy atom. The van der Waals surface area contributed by atoms with Gasteiger partial charge in [-0.1, -0.05) is 13.8 Å². The summed E-state index contributed by atoms with van der Waals surface area (Å²) >= 11 is 0. The van der Waals surface area contributed by atoms with E-state index >= 15 is 0 Å². The second-order valence-electron chi connectivity index (χ2n) is 4.26. The number of carbonyl (C=O) groups excluding carboxylic acids is 2. The molecule has 3 N–H and O–H groups in total. The van der Waals surface area contributed by atoms with Crippen LogP contribution in [0.1, 0.15) is 20.3 Å². The molecule has 1 heterocycles. The van der Waals surface area contributed by atoms with Crippen LogP contribution in [0.5, 0.6) is 0 Å². The van der Waals surface area contributed by atoms with E-state index in [4.69, 9.17) is 0 Å². The largest absolute Gasteiger partial charge is 0.391 e. The highest BCUT2D eigenvalue weighted by Gasteiger charge is 2.27. The fraction of sp³-hybridized carbons (Fsp3) is 0.800. The highest BCUT2D eigenvalue weighted by Crippen LogP contribution is 2.08. The molecule has 2 unspecified atom stereocenters. The van der Waals surface area contributed by atoms with Crippen LogP contribution in [0.3, 0.4) is 0 Å². The Labute approximate surface area is 89.2 Å². The van der Waals surface area contributed by atoms with Crippen LogP contribution in [0.15, 0.2) is 0 Å². The van der Waals surface area contributed by atoms with Crippen molar-refractivity contribution in [1.82, 2.24) is 10.6 Å². The molecule has 0 aliphatic carbocycles. The molecule has 1 fully saturated rings. The summed E-state index contributed by atoms with van der Waals surface area (Å²) in [5, 5.41) is 14.7. The van der Waals surface area contributed by atoms with Gasteiger partial charge in [-0.3, -0.25) is 9.59 Å². The maximum atomic E-state index is 11.5. The first kappa shape index (κ1) is 12.0. The predicted molar refractivity (Wildman–Crippen MR) is 55.0 cm³/mol. The van der Waals surface area contributed by atoms with Crippen LogP contribution in [0.4, 0.5) is 0 Å². The van der Waals surface area contributed by atoms with Gasteiger partial charge in [0.2, 0.25) is 11.8 Å². The van der Waals surface area contributed by atoms with Crippen LogP contribution < -0.4 is 10.6 Å². The average Bonchev–Trinajstić information content (AvgIpc) is 2.60. The van der Waals surface area contributed by atoms with Gasteiger partial charge in [0.1, 0.15) is 0 Å². The fourth-order valence-electron chi connectivity index (χ4n) is 1.38. The highest BCUT2D eigenvalue weighted by molar-refractivity contribution is 5.89. The minimum Gasteiger partial charge on any atom is -0.391 e. The molecule has 0 aromatic heterocycles. The third kappa shape index (κ3) is 3.51. The van der Waals surface area contributed by atoms with Gasteiger partial charge in [-0.05, 0) is 5.92 Å². The molecule has 1 aliphatic heterocycles. The van der Waals surface area contributed by atoms with E-state index in [2.05, 4.69) is 10.6 Å². The van der Waals surface area contributed by atoms with Crippen molar-refractivity contribution in [2.75, 3.05) is 13.1 Å². The van der Waals surface area contributed by atoms with E-state index in [-0.39, 0.29) is 36.6 Å². The second-order valence-corrected chi connectivity index (χ2v) is 4.26. The zero-order valence-corrected chi connectivity index (χ0v) is 9.12. The van der Waals surface area contributed by atoms with Crippen molar-refractivity contribution in [3.63, 3.8) is 0 Å². The van der Waals surface area contributed by atoms with E-state index in [0.29, 0.717) is 6.54 Å². The molecule has 0 aromatic rings. The van der Waals surface area contributed by atoms with Crippen molar-refractivity contribution >= 4 is 11.8 Å². The summed E-state index contributed by atoms with van der Waals surface area (Å²) in [6, 6.07) is 0. The van der Waals surface area contributed by atoms with Crippen molar-refractivity contribution < 1.29 is 14.7 Å². The smallest absolute Gasteiger partial charge is 0.225 e. The second kappa shape index (κ2) is 5.11. The number of nitrogens with one attached hydrogen (secondary N) is 2. The Kier molecular flexibility index (Phi) is 4.08. The monoisotopic (exact) mass is 214 g/mol. The Bertz CT molecular complexity index is 253. The lowest BCUT2D eigenvalue weighted by Crippen LogP contribution is -2.38. The lowest BCUT2D eigenvalue weighted by Gasteiger charge is -2.16. The summed E-state index contributed by atoms with van der Waals surface area (Å²) in [6.45, 7) is 4.43. The van der Waals surface area contributed by atoms with Gasteiger partial charge in [0.05, 0.1) is 12.0 Å². The summed E-state index contributed by atoms with van der Waals surface area (Å²) in [7, 11) is 0. The zero-order valence-electron chi connectivity index (χ0n) is 9.12. The van der Waals surface area contributed by atoms with Crippen molar-refractivity contribution in [3.05, 3.63) is 0 Å². The number of carbonyl (C=O) groups is 2. The van der Waals surface area contributed by atoms with Crippen molar-refractivity contribution in [2.45, 2.75) is 26.4 Å². The van der Waals surface area contributed by atoms with Gasteiger partial charge in [0, 0.05) is 19.5 Å². The van der Waals surface area contributed by atoms with Crippen LogP contribution in [0.25, 0.3) is 0 Å². The van der Waals surface area contributed by atoms with Gasteiger partial charge in [0.25, 0.3) is 0 Å². The summed E-state index contributed by atoms with van der Waals surface area (Å²) in [5.74, 6) is -0.405. The van der Waals surface area contributed by atoms with Crippen molar-refractivity contribution in [3.8, 4) is 0 Å². The van der Waals surface area contributed by atoms with Crippen LogP contribution in [-0.2, 0) is 9.59 Å². The summed E-state index contributed by atoms with van der Waals surface area (Å²) in [5.41, 5.74) is 0. The first-order valence-corrected chi connectivity index (χ1v) is 5.23. The van der Waals surface area contributed by atoms with Gasteiger partial charge in [-0.15, -0.1) is 0 Å². The predicted octanol–water partition coefficient (Wildman–Crippen LogP) is -0.744. The molecule has 0 aromatic carbocycles. The summed E-state index contributed by atoms with van der Waals surface area (Å²) < 4.78 is 0. The Morgan fingerprint density at radius 2 is 2.33 bits per heavy atom. The lowest BCUT2D eigenvalue weighted by molar-refractivity contribution is -0.126. The van der Waals surface area contributed by atoms with Crippen molar-refractivity contribution in [1.29, 1.82) is 0 Å². The van der Waals surface area contributed by atoms with E-state index in [9.17, 15) is 14.7 Å². The van der Waals surface area contributed by atoms with E-state index in [1.54, 1.807) is 0 Å². The standard InChI is InChI=1S/C10H18N2O3/c1-6(2)8(13)5-12-10(15)7-3-9(14)11-4-7/h6-8,13H,3-5H2,1-2H3,(H,11,14)(H,12,15). The number of aliphatic hydroxyl groups is 1. The number of amides is 2. The minimum atomic E-state index is -0.529. The highest BCUT2D eigenvalue weighted by atomic mass is 16.3. The van der Waals surface area contributed by atoms with E-state index in [0.717, 1.165) is 0 Å². The van der Waals surface area contributed by atoms with Crippen LogP contribution in [-0.4, -0.2) is 36.1 Å². The Balaban J connectivity index is 2.27. The Hall–Kier alpha value is -1.10. The molecule has 2 atom stereocenters. The molecule has 1 rings (SSSR count). The molecule has 1 saturated heterocycles. The van der Waals surface area contributed by atoms with E-state index in [1.807, 2.05) is 13.8 Å². The molecule has 0 saturated carbocycles. The average molecular weight is 214 g/mol. The van der Waals surface area contributed by atoms with Gasteiger partial charge in [0.15, 0.2) is 0 Å². The van der Waals surface area contributed by atoms with Crippen LogP contribution in [0.2, 0.25) is 0 Å². The van der Waals surface area contributed by atoms with Gasteiger partial charge >= 0.3 is 0 Å². The minimum absolute atomic E-state index is 0.0837. The van der Waals surface area contributed by atoms with Gasteiger partial charge in [-0.25, -0.2) is 0 Å². The molecular formula is C10H18N2O3. The van der Waals surface area contributed by atoms with Crippen LogP contribution in [0, 0.1) is 11.8 Å². The maximum Gasteiger partial charge on any atom is 0.225 e. The van der Waals surface area contributed by atoms with Crippen LogP contribution >= 0.6 is 0 Å². The van der Waals surface area contributed by atoms with Crippen molar-refractivity contribution in [2.24, 2.45) is 11.8 Å². The fourth-order valence-corrected chi connectivity index (χ4v) is 1.38. The van der Waals surface area contributed by atoms with Gasteiger partial charge in [-0.2, -0.15) is 0 Å². The zero-order chi connectivity index (χ0) is 11.4. The number of rotatable bonds is 4. The molecule has 5 nitrogen and oxygen atoms in total. The summed E-state index contributed by atoms with van der Waals surface area (Å²) in [6.07, 6.45) is -0.275. The number of hydrogen-bond acceptors (Lipinski definition) is 3. The van der Waals surface area contributed by atoms with E-state index < -0.39 is 6.10 Å². The maximum absolute atomic E-state index is 11.5. The molecule has 5 heteroatoms. The number of aliphatic hydroxyl groups excluding tert-OH is 1. The molecular weight excluding hydrogens is 196 g/mol. The number of hydrogen-bond donors (Lipinski definition) is 3. The third-order valence-electron chi connectivity index (χ3n) is 2.60. The SMILES string of the molecule is CC(C)C(O)CNC(=O)C1CNC(=O)C1. The molecule has 0 radical (unpaired) electrons. The topological polar surface area (TPSA) is 78.4 Å². The quantitative estimate of drug-likeness (QED) is 0.576.